The zero-order valence-corrected chi connectivity index (χ0v) is 14.2. The van der Waals surface area contributed by atoms with Gasteiger partial charge in [-0.1, -0.05) is 15.9 Å². The number of methoxy groups -OCH3 is 1. The summed E-state index contributed by atoms with van der Waals surface area (Å²) in [6.07, 6.45) is 0. The molecule has 20 heavy (non-hydrogen) atoms. The Morgan fingerprint density at radius 1 is 1.45 bits per heavy atom. The van der Waals surface area contributed by atoms with Crippen LogP contribution in [0.3, 0.4) is 0 Å². The predicted molar refractivity (Wildman–Crippen MR) is 82.9 cm³/mol. The van der Waals surface area contributed by atoms with Crippen LogP contribution in [0.5, 0.6) is 5.75 Å². The minimum atomic E-state index is -0.679. The molecule has 4 nitrogen and oxygen atoms in total. The molecule has 0 spiro atoms. The van der Waals surface area contributed by atoms with E-state index in [0.717, 1.165) is 15.8 Å². The van der Waals surface area contributed by atoms with Gasteiger partial charge in [0, 0.05) is 16.1 Å². The Hall–Kier alpha value is -1.07. The predicted octanol–water partition coefficient (Wildman–Crippen LogP) is 3.31. The summed E-state index contributed by atoms with van der Waals surface area (Å²) < 4.78 is 11.6. The third kappa shape index (κ3) is 4.21. The van der Waals surface area contributed by atoms with Gasteiger partial charge < -0.3 is 14.8 Å². The number of nitrogens with one attached hydrogen (secondary N) is 1. The molecule has 0 fully saturated rings. The lowest BCUT2D eigenvalue weighted by molar-refractivity contribution is -0.152. The van der Waals surface area contributed by atoms with Gasteiger partial charge in [0.2, 0.25) is 0 Å². The first-order valence-corrected chi connectivity index (χ1v) is 7.29. The van der Waals surface area contributed by atoms with Crippen molar-refractivity contribution < 1.29 is 14.3 Å². The molecule has 112 valence electrons. The van der Waals surface area contributed by atoms with E-state index in [9.17, 15) is 4.79 Å². The average Bonchev–Trinajstić information content (AvgIpc) is 2.44. The van der Waals surface area contributed by atoms with Crippen molar-refractivity contribution in [3.8, 4) is 5.75 Å². The van der Waals surface area contributed by atoms with Gasteiger partial charge in [0.25, 0.3) is 0 Å². The normalized spacial score (nSPS) is 12.9. The molecule has 1 atom stereocenters. The second-order valence-corrected chi connectivity index (χ2v) is 6.27. The van der Waals surface area contributed by atoms with Gasteiger partial charge in [-0.05, 0) is 46.0 Å². The molecule has 1 unspecified atom stereocenters. The van der Waals surface area contributed by atoms with Crippen molar-refractivity contribution in [1.82, 2.24) is 5.32 Å². The summed E-state index contributed by atoms with van der Waals surface area (Å²) in [5, 5.41) is 3.19. The minimum Gasteiger partial charge on any atom is -0.492 e. The molecular formula is C15H22BrNO3. The van der Waals surface area contributed by atoms with Crippen molar-refractivity contribution in [2.24, 2.45) is 5.41 Å². The molecule has 0 saturated carbocycles. The molecule has 0 radical (unpaired) electrons. The zero-order valence-electron chi connectivity index (χ0n) is 12.6. The first-order valence-electron chi connectivity index (χ1n) is 6.49. The summed E-state index contributed by atoms with van der Waals surface area (Å²) >= 11 is 3.46. The van der Waals surface area contributed by atoms with Crippen LogP contribution in [0, 0.1) is 5.41 Å². The van der Waals surface area contributed by atoms with Crippen LogP contribution in [0.4, 0.5) is 0 Å². The number of hydrogen-bond donors (Lipinski definition) is 1. The Kier molecular flexibility index (Phi) is 6.02. The quantitative estimate of drug-likeness (QED) is 0.805. The molecule has 0 aliphatic carbocycles. The van der Waals surface area contributed by atoms with Gasteiger partial charge in [-0.25, -0.2) is 0 Å². The Bertz CT molecular complexity index is 474. The van der Waals surface area contributed by atoms with Crippen molar-refractivity contribution in [2.45, 2.75) is 26.8 Å². The lowest BCUT2D eigenvalue weighted by Gasteiger charge is -2.24. The number of hydrogen-bond acceptors (Lipinski definition) is 4. The van der Waals surface area contributed by atoms with E-state index < -0.39 is 5.41 Å². The summed E-state index contributed by atoms with van der Waals surface area (Å²) in [6.45, 7) is 5.93. The Balaban J connectivity index is 2.90. The minimum absolute atomic E-state index is 0.156. The number of esters is 1. The molecular weight excluding hydrogens is 322 g/mol. The zero-order chi connectivity index (χ0) is 15.3. The summed E-state index contributed by atoms with van der Waals surface area (Å²) in [4.78, 5) is 11.7. The van der Waals surface area contributed by atoms with Gasteiger partial charge in [0.05, 0.1) is 12.5 Å². The Morgan fingerprint density at radius 3 is 2.65 bits per heavy atom. The largest absolute Gasteiger partial charge is 0.492 e. The summed E-state index contributed by atoms with van der Waals surface area (Å²) in [7, 11) is 3.28. The molecule has 0 amide bonds. The van der Waals surface area contributed by atoms with Crippen LogP contribution in [0.1, 0.15) is 32.4 Å². The maximum absolute atomic E-state index is 11.7. The molecule has 1 rings (SSSR count). The standard InChI is InChI=1S/C15H22BrNO3/c1-10(17-4)12-8-11(16)6-7-13(12)20-9-15(2,3)14(18)19-5/h6-8,10,17H,9H2,1-5H3. The fourth-order valence-electron chi connectivity index (χ4n) is 1.74. The highest BCUT2D eigenvalue weighted by Gasteiger charge is 2.30. The molecule has 1 N–H and O–H groups in total. The molecule has 5 heteroatoms. The molecule has 0 aliphatic rings. The van der Waals surface area contributed by atoms with Gasteiger partial charge in [-0.3, -0.25) is 4.79 Å². The topological polar surface area (TPSA) is 47.6 Å². The van der Waals surface area contributed by atoms with Crippen LogP contribution >= 0.6 is 15.9 Å². The second-order valence-electron chi connectivity index (χ2n) is 5.36. The number of carbonyl (C=O) groups excluding carboxylic acids is 1. The van der Waals surface area contributed by atoms with Crippen molar-refractivity contribution in [1.29, 1.82) is 0 Å². The third-order valence-corrected chi connectivity index (χ3v) is 3.69. The maximum Gasteiger partial charge on any atom is 0.314 e. The molecule has 0 saturated heterocycles. The molecule has 0 bridgehead atoms. The number of ether oxygens (including phenoxy) is 2. The van der Waals surface area contributed by atoms with Crippen LogP contribution in [-0.4, -0.2) is 26.7 Å². The number of benzene rings is 1. The van der Waals surface area contributed by atoms with Crippen molar-refractivity contribution in [3.05, 3.63) is 28.2 Å². The number of carbonyl (C=O) groups is 1. The Labute approximate surface area is 129 Å². The summed E-state index contributed by atoms with van der Waals surface area (Å²) in [6, 6.07) is 6.00. The van der Waals surface area contributed by atoms with E-state index in [2.05, 4.69) is 28.2 Å². The molecule has 1 aromatic carbocycles. The second kappa shape index (κ2) is 7.09. The van der Waals surface area contributed by atoms with Gasteiger partial charge in [0.15, 0.2) is 0 Å². The first-order chi connectivity index (χ1) is 9.31. The third-order valence-electron chi connectivity index (χ3n) is 3.20. The van der Waals surface area contributed by atoms with E-state index in [-0.39, 0.29) is 18.6 Å². The van der Waals surface area contributed by atoms with E-state index in [0.29, 0.717) is 0 Å². The fourth-order valence-corrected chi connectivity index (χ4v) is 2.12. The van der Waals surface area contributed by atoms with E-state index in [1.54, 1.807) is 13.8 Å². The lowest BCUT2D eigenvalue weighted by atomic mass is 9.95. The average molecular weight is 344 g/mol. The van der Waals surface area contributed by atoms with Crippen molar-refractivity contribution in [2.75, 3.05) is 20.8 Å². The van der Waals surface area contributed by atoms with Crippen LogP contribution in [0.25, 0.3) is 0 Å². The van der Waals surface area contributed by atoms with Crippen LogP contribution in [0.15, 0.2) is 22.7 Å². The fraction of sp³-hybridized carbons (Fsp3) is 0.533. The van der Waals surface area contributed by atoms with E-state index in [4.69, 9.17) is 9.47 Å². The maximum atomic E-state index is 11.7. The monoisotopic (exact) mass is 343 g/mol. The van der Waals surface area contributed by atoms with Crippen molar-refractivity contribution in [3.63, 3.8) is 0 Å². The molecule has 0 heterocycles. The van der Waals surface area contributed by atoms with E-state index in [1.807, 2.05) is 25.2 Å². The molecule has 0 aliphatic heterocycles. The van der Waals surface area contributed by atoms with E-state index >= 15 is 0 Å². The molecule has 1 aromatic rings. The van der Waals surface area contributed by atoms with Gasteiger partial charge in [-0.2, -0.15) is 0 Å². The van der Waals surface area contributed by atoms with Crippen LogP contribution < -0.4 is 10.1 Å². The summed E-state index contributed by atoms with van der Waals surface area (Å²) in [5.74, 6) is 0.491. The lowest BCUT2D eigenvalue weighted by Crippen LogP contribution is -2.32. The number of rotatable bonds is 6. The highest BCUT2D eigenvalue weighted by molar-refractivity contribution is 9.10. The van der Waals surface area contributed by atoms with Gasteiger partial charge in [-0.15, -0.1) is 0 Å². The van der Waals surface area contributed by atoms with Crippen molar-refractivity contribution >= 4 is 21.9 Å². The first kappa shape index (κ1) is 17.0. The smallest absolute Gasteiger partial charge is 0.314 e. The van der Waals surface area contributed by atoms with E-state index in [1.165, 1.54) is 7.11 Å². The van der Waals surface area contributed by atoms with Crippen LogP contribution in [0.2, 0.25) is 0 Å². The SMILES string of the molecule is CNC(C)c1cc(Br)ccc1OCC(C)(C)C(=O)OC. The summed E-state index contributed by atoms with van der Waals surface area (Å²) in [5.41, 5.74) is 0.365. The van der Waals surface area contributed by atoms with Gasteiger partial charge in [0.1, 0.15) is 12.4 Å². The number of halogens is 1. The Morgan fingerprint density at radius 2 is 2.10 bits per heavy atom. The highest BCUT2D eigenvalue weighted by Crippen LogP contribution is 2.30. The molecule has 0 aromatic heterocycles. The highest BCUT2D eigenvalue weighted by atomic mass is 79.9. The van der Waals surface area contributed by atoms with Crippen LogP contribution in [-0.2, 0) is 9.53 Å². The van der Waals surface area contributed by atoms with Gasteiger partial charge >= 0.3 is 5.97 Å².